The average Bonchev–Trinajstić information content (AvgIpc) is 2.55. The van der Waals surface area contributed by atoms with Crippen molar-refractivity contribution in [2.45, 2.75) is 17.9 Å². The van der Waals surface area contributed by atoms with E-state index in [1.54, 1.807) is 18.7 Å². The molecule has 0 fully saturated rings. The Balaban J connectivity index is 2.00. The molecule has 0 aliphatic heterocycles. The fourth-order valence-electron chi connectivity index (χ4n) is 1.84. The number of carbonyl (C=O) groups excluding carboxylic acids is 1. The van der Waals surface area contributed by atoms with E-state index in [-0.39, 0.29) is 5.91 Å². The molecule has 2 aromatic carbocycles. The topological polar surface area (TPSA) is 38.3 Å². The number of nitrogens with one attached hydrogen (secondary N) is 1. The van der Waals surface area contributed by atoms with Gasteiger partial charge in [0, 0.05) is 10.6 Å². The van der Waals surface area contributed by atoms with Crippen LogP contribution >= 0.6 is 11.8 Å². The van der Waals surface area contributed by atoms with E-state index in [1.165, 1.54) is 0 Å². The molecule has 0 aliphatic rings. The molecule has 114 valence electrons. The molecule has 1 atom stereocenters. The van der Waals surface area contributed by atoms with E-state index < -0.39 is 6.10 Å². The molecule has 1 amide bonds. The number of hydrogen-bond donors (Lipinski definition) is 1. The zero-order chi connectivity index (χ0) is 15.8. The van der Waals surface area contributed by atoms with Crippen molar-refractivity contribution in [2.24, 2.45) is 0 Å². The Hall–Kier alpha value is -2.20. The normalized spacial score (nSPS) is 11.5. The minimum Gasteiger partial charge on any atom is -0.481 e. The third kappa shape index (κ3) is 4.67. The predicted molar refractivity (Wildman–Crippen MR) is 92.5 cm³/mol. The van der Waals surface area contributed by atoms with Gasteiger partial charge in [-0.2, -0.15) is 0 Å². The molecule has 3 nitrogen and oxygen atoms in total. The molecule has 2 aromatic rings. The van der Waals surface area contributed by atoms with Gasteiger partial charge in [0.2, 0.25) is 0 Å². The number of carbonyl (C=O) groups is 1. The molecule has 4 heteroatoms. The number of amides is 1. The zero-order valence-corrected chi connectivity index (χ0v) is 13.3. The van der Waals surface area contributed by atoms with Gasteiger partial charge in [-0.25, -0.2) is 0 Å². The Labute approximate surface area is 135 Å². The molecule has 0 aliphatic carbocycles. The SMILES string of the molecule is C=CCSc1ccccc1NC(=O)C(C)Oc1ccccc1. The first-order valence-electron chi connectivity index (χ1n) is 7.06. The quantitative estimate of drug-likeness (QED) is 0.609. The van der Waals surface area contributed by atoms with Gasteiger partial charge in [-0.15, -0.1) is 18.3 Å². The van der Waals surface area contributed by atoms with Gasteiger partial charge in [0.15, 0.2) is 6.10 Å². The third-order valence-corrected chi connectivity index (χ3v) is 4.00. The summed E-state index contributed by atoms with van der Waals surface area (Å²) in [6.45, 7) is 5.45. The van der Waals surface area contributed by atoms with E-state index in [9.17, 15) is 4.79 Å². The number of rotatable bonds is 7. The second-order valence-corrected chi connectivity index (χ2v) is 5.72. The van der Waals surface area contributed by atoms with Crippen LogP contribution < -0.4 is 10.1 Å². The Bertz CT molecular complexity index is 628. The molecule has 22 heavy (non-hydrogen) atoms. The fraction of sp³-hybridized carbons (Fsp3) is 0.167. The smallest absolute Gasteiger partial charge is 0.265 e. The van der Waals surface area contributed by atoms with Crippen LogP contribution in [0.4, 0.5) is 5.69 Å². The number of anilines is 1. The first-order valence-corrected chi connectivity index (χ1v) is 8.04. The number of para-hydroxylation sites is 2. The van der Waals surface area contributed by atoms with Crippen LogP contribution in [0.3, 0.4) is 0 Å². The number of ether oxygens (including phenoxy) is 1. The van der Waals surface area contributed by atoms with Crippen LogP contribution in [-0.2, 0) is 4.79 Å². The lowest BCUT2D eigenvalue weighted by Crippen LogP contribution is -2.30. The van der Waals surface area contributed by atoms with Gasteiger partial charge in [-0.05, 0) is 31.2 Å². The number of benzene rings is 2. The maximum atomic E-state index is 12.3. The lowest BCUT2D eigenvalue weighted by Gasteiger charge is -2.16. The van der Waals surface area contributed by atoms with Gasteiger partial charge in [0.1, 0.15) is 5.75 Å². The van der Waals surface area contributed by atoms with Crippen LogP contribution in [0.1, 0.15) is 6.92 Å². The van der Waals surface area contributed by atoms with E-state index in [0.717, 1.165) is 16.3 Å². The largest absolute Gasteiger partial charge is 0.481 e. The second-order valence-electron chi connectivity index (χ2n) is 4.66. The third-order valence-electron chi connectivity index (χ3n) is 2.93. The van der Waals surface area contributed by atoms with Crippen molar-refractivity contribution < 1.29 is 9.53 Å². The molecule has 0 saturated heterocycles. The summed E-state index contributed by atoms with van der Waals surface area (Å²) in [7, 11) is 0. The minimum absolute atomic E-state index is 0.171. The van der Waals surface area contributed by atoms with Gasteiger partial charge in [0.25, 0.3) is 5.91 Å². The molecule has 0 radical (unpaired) electrons. The van der Waals surface area contributed by atoms with Gasteiger partial charge < -0.3 is 10.1 Å². The molecular formula is C18H19NO2S. The number of hydrogen-bond acceptors (Lipinski definition) is 3. The Kier molecular flexibility index (Phi) is 6.10. The van der Waals surface area contributed by atoms with Crippen LogP contribution in [0.2, 0.25) is 0 Å². The van der Waals surface area contributed by atoms with Crippen LogP contribution in [-0.4, -0.2) is 17.8 Å². The van der Waals surface area contributed by atoms with E-state index >= 15 is 0 Å². The van der Waals surface area contributed by atoms with Crippen molar-refractivity contribution >= 4 is 23.4 Å². The summed E-state index contributed by atoms with van der Waals surface area (Å²) in [5, 5.41) is 2.92. The molecule has 0 aromatic heterocycles. The predicted octanol–water partition coefficient (Wildman–Crippen LogP) is 4.37. The highest BCUT2D eigenvalue weighted by Gasteiger charge is 2.16. The van der Waals surface area contributed by atoms with Gasteiger partial charge in [0.05, 0.1) is 5.69 Å². The van der Waals surface area contributed by atoms with Crippen molar-refractivity contribution in [1.29, 1.82) is 0 Å². The van der Waals surface area contributed by atoms with Crippen molar-refractivity contribution in [3.63, 3.8) is 0 Å². The molecule has 0 bridgehead atoms. The molecule has 0 saturated carbocycles. The monoisotopic (exact) mass is 313 g/mol. The summed E-state index contributed by atoms with van der Waals surface area (Å²) < 4.78 is 5.63. The van der Waals surface area contributed by atoms with E-state index in [0.29, 0.717) is 5.75 Å². The van der Waals surface area contributed by atoms with Gasteiger partial charge in [-0.3, -0.25) is 4.79 Å². The summed E-state index contributed by atoms with van der Waals surface area (Å²) >= 11 is 1.63. The molecule has 0 heterocycles. The summed E-state index contributed by atoms with van der Waals surface area (Å²) in [4.78, 5) is 13.3. The minimum atomic E-state index is -0.570. The van der Waals surface area contributed by atoms with E-state index in [2.05, 4.69) is 11.9 Å². The van der Waals surface area contributed by atoms with Crippen LogP contribution in [0.5, 0.6) is 5.75 Å². The molecule has 1 N–H and O–H groups in total. The molecule has 0 spiro atoms. The average molecular weight is 313 g/mol. The summed E-state index contributed by atoms with van der Waals surface area (Å²) in [6.07, 6.45) is 1.27. The van der Waals surface area contributed by atoms with Gasteiger partial charge in [-0.1, -0.05) is 36.4 Å². The molecule has 2 rings (SSSR count). The van der Waals surface area contributed by atoms with Crippen LogP contribution in [0.25, 0.3) is 0 Å². The highest BCUT2D eigenvalue weighted by atomic mass is 32.2. The Morgan fingerprint density at radius 3 is 2.64 bits per heavy atom. The van der Waals surface area contributed by atoms with Crippen molar-refractivity contribution in [3.8, 4) is 5.75 Å². The van der Waals surface area contributed by atoms with Crippen LogP contribution in [0.15, 0.2) is 72.1 Å². The first kappa shape index (κ1) is 16.2. The Morgan fingerprint density at radius 1 is 1.23 bits per heavy atom. The Morgan fingerprint density at radius 2 is 1.91 bits per heavy atom. The maximum absolute atomic E-state index is 12.3. The summed E-state index contributed by atoms with van der Waals surface area (Å²) in [5.74, 6) is 1.30. The van der Waals surface area contributed by atoms with E-state index in [4.69, 9.17) is 4.74 Å². The van der Waals surface area contributed by atoms with E-state index in [1.807, 2.05) is 60.7 Å². The van der Waals surface area contributed by atoms with Crippen molar-refractivity contribution in [3.05, 3.63) is 67.3 Å². The van der Waals surface area contributed by atoms with Crippen molar-refractivity contribution in [1.82, 2.24) is 0 Å². The summed E-state index contributed by atoms with van der Waals surface area (Å²) in [5.41, 5.74) is 0.794. The fourth-order valence-corrected chi connectivity index (χ4v) is 2.58. The standard InChI is InChI=1S/C18H19NO2S/c1-3-13-22-17-12-8-7-11-16(17)19-18(20)14(2)21-15-9-5-4-6-10-15/h3-12,14H,1,13H2,2H3,(H,19,20). The van der Waals surface area contributed by atoms with Gasteiger partial charge >= 0.3 is 0 Å². The molecule has 1 unspecified atom stereocenters. The molecular weight excluding hydrogens is 294 g/mol. The lowest BCUT2D eigenvalue weighted by atomic mass is 10.3. The highest BCUT2D eigenvalue weighted by Crippen LogP contribution is 2.27. The van der Waals surface area contributed by atoms with Crippen LogP contribution in [0, 0.1) is 0 Å². The lowest BCUT2D eigenvalue weighted by molar-refractivity contribution is -0.122. The zero-order valence-electron chi connectivity index (χ0n) is 12.5. The summed E-state index contributed by atoms with van der Waals surface area (Å²) in [6, 6.07) is 17.0. The number of thioether (sulfide) groups is 1. The second kappa shape index (κ2) is 8.29. The maximum Gasteiger partial charge on any atom is 0.265 e. The van der Waals surface area contributed by atoms with Crippen molar-refractivity contribution in [2.75, 3.05) is 11.1 Å². The first-order chi connectivity index (χ1) is 10.7. The highest BCUT2D eigenvalue weighted by molar-refractivity contribution is 7.99.